The summed E-state index contributed by atoms with van der Waals surface area (Å²) in [6.07, 6.45) is 0.731. The Hall–Kier alpha value is -1.30. The zero-order valence-corrected chi connectivity index (χ0v) is 15.7. The molecule has 7 heteroatoms. The SMILES string of the molecule is CN=C(NCCc1c(Cl)cccc1Cl)NCc1nc(C)c(C)s1. The molecule has 124 valence electrons. The molecule has 23 heavy (non-hydrogen) atoms. The minimum absolute atomic E-state index is 0.659. The first-order valence-electron chi connectivity index (χ1n) is 7.31. The average molecular weight is 371 g/mol. The highest BCUT2D eigenvalue weighted by molar-refractivity contribution is 7.11. The van der Waals surface area contributed by atoms with Crippen LogP contribution in [-0.2, 0) is 13.0 Å². The molecule has 0 bridgehead atoms. The smallest absolute Gasteiger partial charge is 0.191 e. The second-order valence-electron chi connectivity index (χ2n) is 5.05. The summed E-state index contributed by atoms with van der Waals surface area (Å²) in [5.74, 6) is 0.735. The van der Waals surface area contributed by atoms with Crippen LogP contribution in [0.4, 0.5) is 0 Å². The van der Waals surface area contributed by atoms with E-state index < -0.39 is 0 Å². The Balaban J connectivity index is 1.83. The first-order valence-corrected chi connectivity index (χ1v) is 8.88. The predicted molar refractivity (Wildman–Crippen MR) is 100.0 cm³/mol. The molecule has 0 saturated heterocycles. The minimum atomic E-state index is 0.659. The van der Waals surface area contributed by atoms with Gasteiger partial charge in [0.05, 0.1) is 12.2 Å². The number of guanidine groups is 1. The van der Waals surface area contributed by atoms with Crippen LogP contribution in [0.3, 0.4) is 0 Å². The Morgan fingerprint density at radius 1 is 1.22 bits per heavy atom. The summed E-state index contributed by atoms with van der Waals surface area (Å²) >= 11 is 14.0. The van der Waals surface area contributed by atoms with Gasteiger partial charge >= 0.3 is 0 Å². The summed E-state index contributed by atoms with van der Waals surface area (Å²) in [4.78, 5) is 9.97. The van der Waals surface area contributed by atoms with Gasteiger partial charge in [-0.2, -0.15) is 0 Å². The van der Waals surface area contributed by atoms with E-state index in [2.05, 4.69) is 27.5 Å². The molecule has 0 fully saturated rings. The van der Waals surface area contributed by atoms with E-state index in [1.165, 1.54) is 4.88 Å². The Kier molecular flexibility index (Phi) is 6.69. The molecular weight excluding hydrogens is 351 g/mol. The van der Waals surface area contributed by atoms with Crippen LogP contribution in [0.5, 0.6) is 0 Å². The largest absolute Gasteiger partial charge is 0.356 e. The van der Waals surface area contributed by atoms with Gasteiger partial charge in [-0.25, -0.2) is 4.98 Å². The van der Waals surface area contributed by atoms with Crippen molar-refractivity contribution in [2.45, 2.75) is 26.8 Å². The minimum Gasteiger partial charge on any atom is -0.356 e. The van der Waals surface area contributed by atoms with Crippen molar-refractivity contribution < 1.29 is 0 Å². The molecule has 4 nitrogen and oxygen atoms in total. The van der Waals surface area contributed by atoms with E-state index in [-0.39, 0.29) is 0 Å². The van der Waals surface area contributed by atoms with Crippen LogP contribution >= 0.6 is 34.5 Å². The fraction of sp³-hybridized carbons (Fsp3) is 0.375. The summed E-state index contributed by atoms with van der Waals surface area (Å²) < 4.78 is 0. The number of thiazole rings is 1. The van der Waals surface area contributed by atoms with Gasteiger partial charge < -0.3 is 10.6 Å². The number of hydrogen-bond acceptors (Lipinski definition) is 3. The van der Waals surface area contributed by atoms with Gasteiger partial charge in [-0.15, -0.1) is 11.3 Å². The van der Waals surface area contributed by atoms with Gasteiger partial charge in [0, 0.05) is 28.5 Å². The van der Waals surface area contributed by atoms with Crippen molar-refractivity contribution in [3.8, 4) is 0 Å². The van der Waals surface area contributed by atoms with Crippen molar-refractivity contribution in [2.24, 2.45) is 4.99 Å². The number of nitrogens with zero attached hydrogens (tertiary/aromatic N) is 2. The summed E-state index contributed by atoms with van der Waals surface area (Å²) in [5.41, 5.74) is 2.04. The lowest BCUT2D eigenvalue weighted by molar-refractivity contribution is 0.790. The fourth-order valence-corrected chi connectivity index (χ4v) is 3.53. The quantitative estimate of drug-likeness (QED) is 0.618. The molecule has 0 radical (unpaired) electrons. The molecule has 1 aromatic carbocycles. The second kappa shape index (κ2) is 8.52. The number of hydrogen-bond donors (Lipinski definition) is 2. The maximum absolute atomic E-state index is 6.17. The predicted octanol–water partition coefficient (Wildman–Crippen LogP) is 3.97. The zero-order valence-electron chi connectivity index (χ0n) is 13.4. The van der Waals surface area contributed by atoms with Crippen molar-refractivity contribution in [3.05, 3.63) is 49.4 Å². The topological polar surface area (TPSA) is 49.3 Å². The van der Waals surface area contributed by atoms with Gasteiger partial charge in [-0.05, 0) is 38.0 Å². The summed E-state index contributed by atoms with van der Waals surface area (Å²) in [5, 5.41) is 8.96. The number of nitrogens with one attached hydrogen (secondary N) is 2. The summed E-state index contributed by atoms with van der Waals surface area (Å²) in [6, 6.07) is 5.55. The van der Waals surface area contributed by atoms with Crippen molar-refractivity contribution >= 4 is 40.5 Å². The normalized spacial score (nSPS) is 11.6. The first kappa shape index (κ1) is 18.0. The van der Waals surface area contributed by atoms with Crippen molar-refractivity contribution in [1.82, 2.24) is 15.6 Å². The highest BCUT2D eigenvalue weighted by atomic mass is 35.5. The average Bonchev–Trinajstić information content (AvgIpc) is 2.84. The number of aryl methyl sites for hydroxylation is 2. The van der Waals surface area contributed by atoms with Crippen LogP contribution in [0.15, 0.2) is 23.2 Å². The maximum Gasteiger partial charge on any atom is 0.191 e. The Bertz CT molecular complexity index is 658. The molecule has 0 aliphatic rings. The van der Waals surface area contributed by atoms with E-state index >= 15 is 0 Å². The number of aromatic nitrogens is 1. The monoisotopic (exact) mass is 370 g/mol. The molecule has 1 heterocycles. The molecule has 2 aromatic rings. The second-order valence-corrected chi connectivity index (χ2v) is 7.15. The highest BCUT2D eigenvalue weighted by Crippen LogP contribution is 2.24. The van der Waals surface area contributed by atoms with Gasteiger partial charge in [0.25, 0.3) is 0 Å². The van der Waals surface area contributed by atoms with E-state index in [9.17, 15) is 0 Å². The number of benzene rings is 1. The molecule has 0 aliphatic carbocycles. The third-order valence-electron chi connectivity index (χ3n) is 3.43. The molecule has 0 aliphatic heterocycles. The lowest BCUT2D eigenvalue weighted by Crippen LogP contribution is -2.37. The lowest BCUT2D eigenvalue weighted by atomic mass is 10.1. The zero-order chi connectivity index (χ0) is 16.8. The van der Waals surface area contributed by atoms with Crippen molar-refractivity contribution in [3.63, 3.8) is 0 Å². The van der Waals surface area contributed by atoms with Gasteiger partial charge in [0.2, 0.25) is 0 Å². The third kappa shape index (κ3) is 5.09. The van der Waals surface area contributed by atoms with Gasteiger partial charge in [0.1, 0.15) is 5.01 Å². The molecular formula is C16H20Cl2N4S. The van der Waals surface area contributed by atoms with Crippen LogP contribution in [0, 0.1) is 13.8 Å². The molecule has 0 atom stereocenters. The number of rotatable bonds is 5. The number of halogens is 2. The van der Waals surface area contributed by atoms with Crippen molar-refractivity contribution in [2.75, 3.05) is 13.6 Å². The molecule has 2 rings (SSSR count). The summed E-state index contributed by atoms with van der Waals surface area (Å²) in [6.45, 7) is 5.46. The van der Waals surface area contributed by atoms with Gasteiger partial charge in [-0.1, -0.05) is 29.3 Å². The van der Waals surface area contributed by atoms with Gasteiger partial charge in [-0.3, -0.25) is 4.99 Å². The van der Waals surface area contributed by atoms with Crippen LogP contribution in [-0.4, -0.2) is 24.5 Å². The van der Waals surface area contributed by atoms with Gasteiger partial charge in [0.15, 0.2) is 5.96 Å². The Morgan fingerprint density at radius 2 is 1.91 bits per heavy atom. The molecule has 0 spiro atoms. The molecule has 1 aromatic heterocycles. The Labute approximate surface area is 151 Å². The van der Waals surface area contributed by atoms with Crippen LogP contribution in [0.2, 0.25) is 10.0 Å². The Morgan fingerprint density at radius 3 is 2.48 bits per heavy atom. The molecule has 0 saturated carbocycles. The van der Waals surface area contributed by atoms with Crippen LogP contribution in [0.1, 0.15) is 21.1 Å². The standard InChI is InChI=1S/C16H20Cl2N4S/c1-10-11(2)23-15(22-10)9-21-16(19-3)20-8-7-12-13(17)5-4-6-14(12)18/h4-6H,7-9H2,1-3H3,(H2,19,20,21). The summed E-state index contributed by atoms with van der Waals surface area (Å²) in [7, 11) is 1.75. The molecule has 2 N–H and O–H groups in total. The van der Waals surface area contributed by atoms with Crippen LogP contribution in [0.25, 0.3) is 0 Å². The maximum atomic E-state index is 6.17. The lowest BCUT2D eigenvalue weighted by Gasteiger charge is -2.12. The fourth-order valence-electron chi connectivity index (χ4n) is 2.07. The highest BCUT2D eigenvalue weighted by Gasteiger charge is 2.07. The number of aliphatic imine (C=N–C) groups is 1. The van der Waals surface area contributed by atoms with E-state index in [0.717, 1.165) is 28.6 Å². The van der Waals surface area contributed by atoms with E-state index in [1.54, 1.807) is 18.4 Å². The van der Waals surface area contributed by atoms with E-state index in [1.807, 2.05) is 25.1 Å². The molecule has 0 unspecified atom stereocenters. The molecule has 0 amide bonds. The van der Waals surface area contributed by atoms with E-state index in [0.29, 0.717) is 23.1 Å². The van der Waals surface area contributed by atoms with Crippen LogP contribution < -0.4 is 10.6 Å². The first-order chi connectivity index (χ1) is 11.0. The van der Waals surface area contributed by atoms with Crippen molar-refractivity contribution in [1.29, 1.82) is 0 Å². The third-order valence-corrected chi connectivity index (χ3v) is 5.21. The van der Waals surface area contributed by atoms with E-state index in [4.69, 9.17) is 23.2 Å².